The highest BCUT2D eigenvalue weighted by atomic mass is 35.7. The fourth-order valence-electron chi connectivity index (χ4n) is 1.45. The summed E-state index contributed by atoms with van der Waals surface area (Å²) in [6.45, 7) is 1.87. The Balaban J connectivity index is 3.07. The highest BCUT2D eigenvalue weighted by Gasteiger charge is 2.14. The van der Waals surface area contributed by atoms with Crippen LogP contribution in [0.1, 0.15) is 11.1 Å². The highest BCUT2D eigenvalue weighted by molar-refractivity contribution is 8.13. The molecule has 16 heavy (non-hydrogen) atoms. The Morgan fingerprint density at radius 1 is 1.38 bits per heavy atom. The van der Waals surface area contributed by atoms with Crippen molar-refractivity contribution >= 4 is 31.3 Å². The van der Waals surface area contributed by atoms with E-state index in [0.29, 0.717) is 17.2 Å². The van der Waals surface area contributed by atoms with E-state index in [2.05, 4.69) is 0 Å². The minimum atomic E-state index is -3.50. The van der Waals surface area contributed by atoms with Gasteiger partial charge in [0.1, 0.15) is 5.75 Å². The van der Waals surface area contributed by atoms with Crippen LogP contribution in [0.2, 0.25) is 5.02 Å². The SMILES string of the molecule is COc1c(Cl)ccc(C)c1CCS(=O)(=O)Cl. The standard InChI is InChI=1S/C10H12Cl2O3S/c1-7-3-4-9(11)10(15-2)8(7)5-6-16(12,13)14/h3-4H,5-6H2,1-2H3. The molecule has 0 aliphatic carbocycles. The van der Waals surface area contributed by atoms with Gasteiger partial charge < -0.3 is 4.74 Å². The molecule has 0 radical (unpaired) electrons. The summed E-state index contributed by atoms with van der Waals surface area (Å²) in [5.41, 5.74) is 1.71. The van der Waals surface area contributed by atoms with Crippen molar-refractivity contribution in [2.75, 3.05) is 12.9 Å². The Labute approximate surface area is 105 Å². The molecular formula is C10H12Cl2O3S. The second-order valence-corrected chi connectivity index (χ2v) is 6.67. The Hall–Kier alpha value is -0.450. The lowest BCUT2D eigenvalue weighted by molar-refractivity contribution is 0.410. The molecule has 0 aliphatic rings. The molecule has 6 heteroatoms. The lowest BCUT2D eigenvalue weighted by atomic mass is 10.1. The Bertz CT molecular complexity index is 483. The van der Waals surface area contributed by atoms with Crippen molar-refractivity contribution in [3.8, 4) is 5.75 Å². The van der Waals surface area contributed by atoms with Crippen LogP contribution >= 0.6 is 22.3 Å². The van der Waals surface area contributed by atoms with Gasteiger partial charge in [-0.1, -0.05) is 17.7 Å². The third-order valence-corrected chi connectivity index (χ3v) is 3.70. The number of halogens is 2. The smallest absolute Gasteiger partial charge is 0.232 e. The van der Waals surface area contributed by atoms with E-state index in [1.807, 2.05) is 13.0 Å². The summed E-state index contributed by atoms with van der Waals surface area (Å²) < 4.78 is 26.9. The van der Waals surface area contributed by atoms with Gasteiger partial charge in [-0.2, -0.15) is 0 Å². The van der Waals surface area contributed by atoms with Crippen molar-refractivity contribution < 1.29 is 13.2 Å². The molecule has 0 unspecified atom stereocenters. The van der Waals surface area contributed by atoms with Crippen LogP contribution < -0.4 is 4.74 Å². The summed E-state index contributed by atoms with van der Waals surface area (Å²) in [6.07, 6.45) is 0.293. The van der Waals surface area contributed by atoms with Gasteiger partial charge in [-0.25, -0.2) is 8.42 Å². The number of benzene rings is 1. The van der Waals surface area contributed by atoms with E-state index in [-0.39, 0.29) is 5.75 Å². The van der Waals surface area contributed by atoms with E-state index in [4.69, 9.17) is 27.0 Å². The first kappa shape index (κ1) is 13.6. The van der Waals surface area contributed by atoms with Gasteiger partial charge in [0.15, 0.2) is 0 Å². The second-order valence-electron chi connectivity index (χ2n) is 3.37. The third kappa shape index (κ3) is 3.54. The Morgan fingerprint density at radius 3 is 2.50 bits per heavy atom. The number of hydrogen-bond donors (Lipinski definition) is 0. The van der Waals surface area contributed by atoms with Gasteiger partial charge in [-0.15, -0.1) is 0 Å². The number of methoxy groups -OCH3 is 1. The molecule has 0 aliphatic heterocycles. The Kier molecular flexibility index (Phi) is 4.47. The highest BCUT2D eigenvalue weighted by Crippen LogP contribution is 2.31. The van der Waals surface area contributed by atoms with Crippen LogP contribution in [0.3, 0.4) is 0 Å². The predicted octanol–water partition coefficient (Wildman–Crippen LogP) is 2.77. The van der Waals surface area contributed by atoms with E-state index in [9.17, 15) is 8.42 Å². The summed E-state index contributed by atoms with van der Waals surface area (Å²) in [4.78, 5) is 0. The van der Waals surface area contributed by atoms with E-state index in [0.717, 1.165) is 11.1 Å². The zero-order valence-electron chi connectivity index (χ0n) is 8.96. The predicted molar refractivity (Wildman–Crippen MR) is 66.1 cm³/mol. The largest absolute Gasteiger partial charge is 0.495 e. The van der Waals surface area contributed by atoms with Crippen LogP contribution in [0, 0.1) is 6.92 Å². The first-order valence-corrected chi connectivity index (χ1v) is 7.45. The monoisotopic (exact) mass is 282 g/mol. The van der Waals surface area contributed by atoms with E-state index in [1.165, 1.54) is 7.11 Å². The summed E-state index contributed by atoms with van der Waals surface area (Å²) >= 11 is 5.94. The zero-order chi connectivity index (χ0) is 12.3. The third-order valence-electron chi connectivity index (χ3n) is 2.25. The maximum atomic E-state index is 10.9. The molecule has 0 spiro atoms. The molecule has 1 aromatic rings. The van der Waals surface area contributed by atoms with Crippen molar-refractivity contribution in [3.05, 3.63) is 28.3 Å². The van der Waals surface area contributed by atoms with Crippen LogP contribution in [-0.2, 0) is 15.5 Å². The van der Waals surface area contributed by atoms with Gasteiger partial charge in [0, 0.05) is 10.7 Å². The van der Waals surface area contributed by atoms with Crippen molar-refractivity contribution in [1.82, 2.24) is 0 Å². The Morgan fingerprint density at radius 2 is 2.00 bits per heavy atom. The normalized spacial score (nSPS) is 11.5. The molecule has 0 atom stereocenters. The fraction of sp³-hybridized carbons (Fsp3) is 0.400. The molecule has 0 aromatic heterocycles. The topological polar surface area (TPSA) is 43.4 Å². The van der Waals surface area contributed by atoms with E-state index < -0.39 is 9.05 Å². The first-order chi connectivity index (χ1) is 7.35. The van der Waals surface area contributed by atoms with Gasteiger partial charge in [0.2, 0.25) is 9.05 Å². The maximum absolute atomic E-state index is 10.9. The van der Waals surface area contributed by atoms with Crippen molar-refractivity contribution in [2.24, 2.45) is 0 Å². The summed E-state index contributed by atoms with van der Waals surface area (Å²) in [7, 11) is 3.17. The molecule has 1 aromatic carbocycles. The molecule has 1 rings (SSSR count). The van der Waals surface area contributed by atoms with Gasteiger partial charge in [-0.3, -0.25) is 0 Å². The average molecular weight is 283 g/mol. The minimum absolute atomic E-state index is 0.133. The molecule has 0 N–H and O–H groups in total. The van der Waals surface area contributed by atoms with Crippen LogP contribution in [0.15, 0.2) is 12.1 Å². The van der Waals surface area contributed by atoms with Crippen molar-refractivity contribution in [1.29, 1.82) is 0 Å². The first-order valence-electron chi connectivity index (χ1n) is 4.59. The molecule has 3 nitrogen and oxygen atoms in total. The van der Waals surface area contributed by atoms with Crippen LogP contribution in [0.4, 0.5) is 0 Å². The van der Waals surface area contributed by atoms with Crippen LogP contribution in [0.25, 0.3) is 0 Å². The molecule has 0 saturated heterocycles. The minimum Gasteiger partial charge on any atom is -0.495 e. The van der Waals surface area contributed by atoms with Gasteiger partial charge in [0.25, 0.3) is 0 Å². The molecule has 0 fully saturated rings. The zero-order valence-corrected chi connectivity index (χ0v) is 11.3. The van der Waals surface area contributed by atoms with Gasteiger partial charge in [0.05, 0.1) is 17.9 Å². The molecule has 0 heterocycles. The fourth-order valence-corrected chi connectivity index (χ4v) is 2.39. The lowest BCUT2D eigenvalue weighted by Gasteiger charge is -2.12. The molecule has 0 bridgehead atoms. The molecular weight excluding hydrogens is 271 g/mol. The van der Waals surface area contributed by atoms with E-state index in [1.54, 1.807) is 6.07 Å². The number of ether oxygens (including phenoxy) is 1. The maximum Gasteiger partial charge on any atom is 0.232 e. The summed E-state index contributed by atoms with van der Waals surface area (Å²) in [5, 5.41) is 0.468. The van der Waals surface area contributed by atoms with Gasteiger partial charge >= 0.3 is 0 Å². The van der Waals surface area contributed by atoms with Crippen LogP contribution in [0.5, 0.6) is 5.75 Å². The summed E-state index contributed by atoms with van der Waals surface area (Å²) in [5.74, 6) is 0.383. The number of rotatable bonds is 4. The van der Waals surface area contributed by atoms with Crippen LogP contribution in [-0.4, -0.2) is 21.3 Å². The quantitative estimate of drug-likeness (QED) is 0.798. The van der Waals surface area contributed by atoms with Crippen molar-refractivity contribution in [3.63, 3.8) is 0 Å². The van der Waals surface area contributed by atoms with Crippen molar-refractivity contribution in [2.45, 2.75) is 13.3 Å². The summed E-state index contributed by atoms with van der Waals surface area (Å²) in [6, 6.07) is 3.54. The average Bonchev–Trinajstić information content (AvgIpc) is 2.17. The van der Waals surface area contributed by atoms with Gasteiger partial charge in [-0.05, 0) is 30.5 Å². The molecule has 0 saturated carbocycles. The molecule has 0 amide bonds. The molecule has 90 valence electrons. The lowest BCUT2D eigenvalue weighted by Crippen LogP contribution is -2.04. The number of hydrogen-bond acceptors (Lipinski definition) is 3. The second kappa shape index (κ2) is 5.25. The number of aryl methyl sites for hydroxylation is 1. The van der Waals surface area contributed by atoms with E-state index >= 15 is 0 Å².